The normalized spacial score (nSPS) is 19.9. The van der Waals surface area contributed by atoms with Gasteiger partial charge in [0.15, 0.2) is 0 Å². The van der Waals surface area contributed by atoms with E-state index in [-0.39, 0.29) is 5.56 Å². The first-order valence-corrected chi connectivity index (χ1v) is 7.00. The fraction of sp³-hybridized carbons (Fsp3) is 0.385. The Morgan fingerprint density at radius 3 is 3.05 bits per heavy atom. The number of carboxylic acids is 1. The summed E-state index contributed by atoms with van der Waals surface area (Å²) in [4.78, 5) is 13.0. The summed E-state index contributed by atoms with van der Waals surface area (Å²) in [6.45, 7) is 1.00. The second kappa shape index (κ2) is 6.04. The SMILES string of the molecule is N#Cc1cc(F)cc(CN2CCSCC2C(=O)O)c1. The summed E-state index contributed by atoms with van der Waals surface area (Å²) < 4.78 is 13.3. The molecule has 6 heteroatoms. The lowest BCUT2D eigenvalue weighted by Gasteiger charge is -2.32. The highest BCUT2D eigenvalue weighted by atomic mass is 32.2. The molecule has 1 aromatic rings. The van der Waals surface area contributed by atoms with Crippen molar-refractivity contribution in [3.8, 4) is 6.07 Å². The Kier molecular flexibility index (Phi) is 4.40. The lowest BCUT2D eigenvalue weighted by molar-refractivity contribution is -0.142. The molecule has 0 amide bonds. The molecule has 0 spiro atoms. The zero-order chi connectivity index (χ0) is 13.8. The maximum absolute atomic E-state index is 13.3. The molecule has 1 fully saturated rings. The van der Waals surface area contributed by atoms with Gasteiger partial charge in [0.05, 0.1) is 11.6 Å². The van der Waals surface area contributed by atoms with Crippen LogP contribution in [-0.2, 0) is 11.3 Å². The van der Waals surface area contributed by atoms with E-state index in [4.69, 9.17) is 10.4 Å². The third kappa shape index (κ3) is 3.46. The predicted octanol–water partition coefficient (Wildman–Crippen LogP) is 1.70. The number of nitriles is 1. The van der Waals surface area contributed by atoms with Crippen molar-refractivity contribution in [1.29, 1.82) is 5.26 Å². The lowest BCUT2D eigenvalue weighted by Crippen LogP contribution is -2.46. The molecule has 1 aromatic carbocycles. The quantitative estimate of drug-likeness (QED) is 0.913. The van der Waals surface area contributed by atoms with Gasteiger partial charge in [0.25, 0.3) is 0 Å². The largest absolute Gasteiger partial charge is 0.480 e. The highest BCUT2D eigenvalue weighted by molar-refractivity contribution is 7.99. The Morgan fingerprint density at radius 2 is 2.37 bits per heavy atom. The third-order valence-electron chi connectivity index (χ3n) is 3.00. The molecule has 1 unspecified atom stereocenters. The van der Waals surface area contributed by atoms with Crippen LogP contribution in [0.25, 0.3) is 0 Å². The van der Waals surface area contributed by atoms with Crippen LogP contribution in [0.15, 0.2) is 18.2 Å². The number of hydrogen-bond donors (Lipinski definition) is 1. The average Bonchev–Trinajstić information content (AvgIpc) is 2.38. The Labute approximate surface area is 114 Å². The zero-order valence-corrected chi connectivity index (χ0v) is 11.0. The summed E-state index contributed by atoms with van der Waals surface area (Å²) in [6, 6.07) is 5.47. The van der Waals surface area contributed by atoms with E-state index in [1.807, 2.05) is 11.0 Å². The van der Waals surface area contributed by atoms with E-state index >= 15 is 0 Å². The van der Waals surface area contributed by atoms with E-state index in [1.54, 1.807) is 17.8 Å². The first-order valence-electron chi connectivity index (χ1n) is 5.84. The molecular formula is C13H13FN2O2S. The van der Waals surface area contributed by atoms with Gasteiger partial charge < -0.3 is 5.11 Å². The highest BCUT2D eigenvalue weighted by Crippen LogP contribution is 2.20. The molecule has 100 valence electrons. The van der Waals surface area contributed by atoms with Crippen molar-refractivity contribution >= 4 is 17.7 Å². The molecule has 0 radical (unpaired) electrons. The molecule has 1 aliphatic rings. The van der Waals surface area contributed by atoms with Crippen LogP contribution in [-0.4, -0.2) is 40.1 Å². The summed E-state index contributed by atoms with van der Waals surface area (Å²) in [7, 11) is 0. The summed E-state index contributed by atoms with van der Waals surface area (Å²) in [5, 5.41) is 18.0. The van der Waals surface area contributed by atoms with E-state index in [0.29, 0.717) is 24.4 Å². The van der Waals surface area contributed by atoms with Gasteiger partial charge in [0.1, 0.15) is 11.9 Å². The maximum atomic E-state index is 13.3. The standard InChI is InChI=1S/C13H13FN2O2S/c14-11-4-9(6-15)3-10(5-11)7-16-1-2-19-8-12(16)13(17)18/h3-5,12H,1-2,7-8H2,(H,17,18). The Morgan fingerprint density at radius 1 is 1.58 bits per heavy atom. The van der Waals surface area contributed by atoms with Crippen LogP contribution in [0.2, 0.25) is 0 Å². The Hall–Kier alpha value is -1.58. The zero-order valence-electron chi connectivity index (χ0n) is 10.2. The molecule has 1 heterocycles. The van der Waals surface area contributed by atoms with Crippen LogP contribution < -0.4 is 0 Å². The molecule has 0 saturated carbocycles. The van der Waals surface area contributed by atoms with Crippen LogP contribution in [0.3, 0.4) is 0 Å². The Bertz CT molecular complexity index is 530. The van der Waals surface area contributed by atoms with E-state index < -0.39 is 17.8 Å². The minimum absolute atomic E-state index is 0.258. The molecule has 1 atom stereocenters. The molecule has 2 rings (SSSR count). The van der Waals surface area contributed by atoms with Crippen molar-refractivity contribution in [3.63, 3.8) is 0 Å². The van der Waals surface area contributed by atoms with Crippen molar-refractivity contribution in [2.75, 3.05) is 18.1 Å². The van der Waals surface area contributed by atoms with E-state index in [0.717, 1.165) is 5.75 Å². The van der Waals surface area contributed by atoms with Gasteiger partial charge >= 0.3 is 5.97 Å². The molecule has 19 heavy (non-hydrogen) atoms. The number of carbonyl (C=O) groups is 1. The number of halogens is 1. The van der Waals surface area contributed by atoms with Gasteiger partial charge in [-0.1, -0.05) is 0 Å². The predicted molar refractivity (Wildman–Crippen MR) is 70.3 cm³/mol. The minimum atomic E-state index is -0.857. The molecule has 1 N–H and O–H groups in total. The molecule has 0 bridgehead atoms. The Balaban J connectivity index is 2.17. The number of aliphatic carboxylic acids is 1. The molecule has 0 aliphatic carbocycles. The molecule has 4 nitrogen and oxygen atoms in total. The number of rotatable bonds is 3. The highest BCUT2D eigenvalue weighted by Gasteiger charge is 2.28. The summed E-state index contributed by atoms with van der Waals surface area (Å²) in [5.41, 5.74) is 0.892. The fourth-order valence-electron chi connectivity index (χ4n) is 2.10. The summed E-state index contributed by atoms with van der Waals surface area (Å²) in [6.07, 6.45) is 0. The molecule has 1 saturated heterocycles. The van der Waals surface area contributed by atoms with Gasteiger partial charge in [-0.2, -0.15) is 17.0 Å². The van der Waals surface area contributed by atoms with E-state index in [2.05, 4.69) is 0 Å². The number of thioether (sulfide) groups is 1. The molecular weight excluding hydrogens is 267 g/mol. The molecule has 0 aromatic heterocycles. The second-order valence-electron chi connectivity index (χ2n) is 4.36. The van der Waals surface area contributed by atoms with Crippen LogP contribution in [0, 0.1) is 17.1 Å². The smallest absolute Gasteiger partial charge is 0.321 e. The number of carboxylic acid groups (broad SMARTS) is 1. The van der Waals surface area contributed by atoms with Crippen LogP contribution in [0.4, 0.5) is 4.39 Å². The second-order valence-corrected chi connectivity index (χ2v) is 5.51. The minimum Gasteiger partial charge on any atom is -0.480 e. The van der Waals surface area contributed by atoms with Crippen LogP contribution >= 0.6 is 11.8 Å². The average molecular weight is 280 g/mol. The van der Waals surface area contributed by atoms with Crippen molar-refractivity contribution in [3.05, 3.63) is 35.1 Å². The van der Waals surface area contributed by atoms with Gasteiger partial charge in [-0.15, -0.1) is 0 Å². The summed E-state index contributed by atoms with van der Waals surface area (Å²) >= 11 is 1.61. The summed E-state index contributed by atoms with van der Waals surface area (Å²) in [5.74, 6) is 0.0800. The van der Waals surface area contributed by atoms with Crippen molar-refractivity contribution in [2.45, 2.75) is 12.6 Å². The number of benzene rings is 1. The van der Waals surface area contributed by atoms with Crippen molar-refractivity contribution in [2.24, 2.45) is 0 Å². The van der Waals surface area contributed by atoms with Gasteiger partial charge in [-0.25, -0.2) is 4.39 Å². The topological polar surface area (TPSA) is 64.3 Å². The van der Waals surface area contributed by atoms with Crippen LogP contribution in [0.5, 0.6) is 0 Å². The van der Waals surface area contributed by atoms with E-state index in [9.17, 15) is 9.18 Å². The van der Waals surface area contributed by atoms with Crippen molar-refractivity contribution in [1.82, 2.24) is 4.90 Å². The molecule has 1 aliphatic heterocycles. The monoisotopic (exact) mass is 280 g/mol. The van der Waals surface area contributed by atoms with Gasteiger partial charge in [0, 0.05) is 24.6 Å². The maximum Gasteiger partial charge on any atom is 0.321 e. The number of nitrogens with zero attached hydrogens (tertiary/aromatic N) is 2. The van der Waals surface area contributed by atoms with E-state index in [1.165, 1.54) is 12.1 Å². The first-order chi connectivity index (χ1) is 9.10. The first kappa shape index (κ1) is 13.8. The fourth-order valence-corrected chi connectivity index (χ4v) is 3.20. The lowest BCUT2D eigenvalue weighted by atomic mass is 10.1. The van der Waals surface area contributed by atoms with Crippen molar-refractivity contribution < 1.29 is 14.3 Å². The van der Waals surface area contributed by atoms with Gasteiger partial charge in [-0.05, 0) is 23.8 Å². The number of hydrogen-bond acceptors (Lipinski definition) is 4. The van der Waals surface area contributed by atoms with Gasteiger partial charge in [-0.3, -0.25) is 9.69 Å². The van der Waals surface area contributed by atoms with Gasteiger partial charge in [0.2, 0.25) is 0 Å². The van der Waals surface area contributed by atoms with Crippen LogP contribution in [0.1, 0.15) is 11.1 Å². The third-order valence-corrected chi connectivity index (χ3v) is 4.02.